The first-order chi connectivity index (χ1) is 10.6. The SMILES string of the molecule is CCCCCCC(C(=O)OC)=C(CCCCCC)C(=O)OC. The average molecular weight is 312 g/mol. The van der Waals surface area contributed by atoms with E-state index in [1.807, 2.05) is 0 Å². The van der Waals surface area contributed by atoms with Crippen LogP contribution in [0.2, 0.25) is 0 Å². The molecular weight excluding hydrogens is 280 g/mol. The Morgan fingerprint density at radius 1 is 0.636 bits per heavy atom. The molecule has 0 spiro atoms. The van der Waals surface area contributed by atoms with E-state index >= 15 is 0 Å². The number of methoxy groups -OCH3 is 2. The van der Waals surface area contributed by atoms with Gasteiger partial charge in [0, 0.05) is 11.1 Å². The van der Waals surface area contributed by atoms with Crippen LogP contribution >= 0.6 is 0 Å². The maximum Gasteiger partial charge on any atom is 0.334 e. The molecule has 0 heterocycles. The van der Waals surface area contributed by atoms with Gasteiger partial charge in [-0.15, -0.1) is 0 Å². The maximum atomic E-state index is 12.0. The third-order valence-electron chi connectivity index (χ3n) is 3.79. The van der Waals surface area contributed by atoms with Crippen molar-refractivity contribution in [1.29, 1.82) is 0 Å². The highest BCUT2D eigenvalue weighted by Crippen LogP contribution is 2.22. The van der Waals surface area contributed by atoms with Crippen LogP contribution in [0.1, 0.15) is 78.1 Å². The molecule has 0 atom stereocenters. The molecule has 0 saturated heterocycles. The summed E-state index contributed by atoms with van der Waals surface area (Å²) in [5.74, 6) is -0.792. The first-order valence-corrected chi connectivity index (χ1v) is 8.50. The Morgan fingerprint density at radius 2 is 1.00 bits per heavy atom. The second kappa shape index (κ2) is 13.4. The van der Waals surface area contributed by atoms with Gasteiger partial charge in [0.2, 0.25) is 0 Å². The molecule has 128 valence electrons. The molecule has 0 aliphatic heterocycles. The van der Waals surface area contributed by atoms with Crippen molar-refractivity contribution in [2.75, 3.05) is 14.2 Å². The molecule has 0 rings (SSSR count). The Balaban J connectivity index is 5.01. The largest absolute Gasteiger partial charge is 0.466 e. The standard InChI is InChI=1S/C18H32O4/c1-5-7-9-11-13-15(17(19)21-3)16(18(20)22-4)14-12-10-8-6-2/h5-14H2,1-4H3. The van der Waals surface area contributed by atoms with Crippen molar-refractivity contribution in [2.24, 2.45) is 0 Å². The summed E-state index contributed by atoms with van der Waals surface area (Å²) in [7, 11) is 2.72. The van der Waals surface area contributed by atoms with Gasteiger partial charge in [-0.1, -0.05) is 52.4 Å². The fraction of sp³-hybridized carbons (Fsp3) is 0.778. The summed E-state index contributed by atoms with van der Waals surface area (Å²) in [5, 5.41) is 0. The van der Waals surface area contributed by atoms with Crippen LogP contribution < -0.4 is 0 Å². The Morgan fingerprint density at radius 3 is 1.27 bits per heavy atom. The number of unbranched alkanes of at least 4 members (excludes halogenated alkanes) is 6. The van der Waals surface area contributed by atoms with E-state index in [0.29, 0.717) is 24.0 Å². The van der Waals surface area contributed by atoms with Crippen LogP contribution in [0.4, 0.5) is 0 Å². The molecule has 0 aromatic carbocycles. The summed E-state index contributed by atoms with van der Waals surface area (Å²) in [6.45, 7) is 4.29. The zero-order chi connectivity index (χ0) is 16.8. The monoisotopic (exact) mass is 312 g/mol. The lowest BCUT2D eigenvalue weighted by molar-refractivity contribution is -0.139. The van der Waals surface area contributed by atoms with Gasteiger partial charge >= 0.3 is 11.9 Å². The summed E-state index contributed by atoms with van der Waals surface area (Å²) in [4.78, 5) is 24.1. The average Bonchev–Trinajstić information content (AvgIpc) is 2.54. The lowest BCUT2D eigenvalue weighted by Crippen LogP contribution is -2.15. The normalized spacial score (nSPS) is 11.8. The van der Waals surface area contributed by atoms with Crippen molar-refractivity contribution in [2.45, 2.75) is 78.1 Å². The van der Waals surface area contributed by atoms with Gasteiger partial charge in [-0.05, 0) is 25.7 Å². The Bertz CT molecular complexity index is 324. The highest BCUT2D eigenvalue weighted by atomic mass is 16.5. The van der Waals surface area contributed by atoms with Crippen molar-refractivity contribution >= 4 is 11.9 Å². The molecule has 0 aromatic rings. The number of esters is 2. The summed E-state index contributed by atoms with van der Waals surface area (Å²) >= 11 is 0. The first-order valence-electron chi connectivity index (χ1n) is 8.50. The molecule has 0 fully saturated rings. The van der Waals surface area contributed by atoms with Crippen LogP contribution in [-0.4, -0.2) is 26.2 Å². The Hall–Kier alpha value is -1.32. The highest BCUT2D eigenvalue weighted by Gasteiger charge is 2.21. The molecule has 0 aliphatic carbocycles. The summed E-state index contributed by atoms with van der Waals surface area (Å²) < 4.78 is 9.74. The summed E-state index contributed by atoms with van der Waals surface area (Å²) in [6, 6.07) is 0. The lowest BCUT2D eigenvalue weighted by Gasteiger charge is -2.12. The number of carbonyl (C=O) groups is 2. The molecule has 0 aromatic heterocycles. The number of hydrogen-bond donors (Lipinski definition) is 0. The number of ether oxygens (including phenoxy) is 2. The van der Waals surface area contributed by atoms with Crippen molar-refractivity contribution in [3.05, 3.63) is 11.1 Å². The molecule has 22 heavy (non-hydrogen) atoms. The maximum absolute atomic E-state index is 12.0. The summed E-state index contributed by atoms with van der Waals surface area (Å²) in [6.07, 6.45) is 9.63. The lowest BCUT2D eigenvalue weighted by atomic mass is 9.96. The van der Waals surface area contributed by atoms with Crippen LogP contribution in [0.3, 0.4) is 0 Å². The van der Waals surface area contributed by atoms with Gasteiger partial charge in [0.15, 0.2) is 0 Å². The smallest absolute Gasteiger partial charge is 0.334 e. The molecule has 0 amide bonds. The number of hydrogen-bond acceptors (Lipinski definition) is 4. The van der Waals surface area contributed by atoms with E-state index in [2.05, 4.69) is 13.8 Å². The van der Waals surface area contributed by atoms with Crippen LogP contribution in [0.5, 0.6) is 0 Å². The van der Waals surface area contributed by atoms with E-state index in [1.54, 1.807) is 0 Å². The van der Waals surface area contributed by atoms with Gasteiger partial charge in [0.25, 0.3) is 0 Å². The van der Waals surface area contributed by atoms with E-state index in [0.717, 1.165) is 51.4 Å². The highest BCUT2D eigenvalue weighted by molar-refractivity contribution is 6.00. The predicted molar refractivity (Wildman–Crippen MR) is 88.6 cm³/mol. The van der Waals surface area contributed by atoms with Gasteiger partial charge < -0.3 is 9.47 Å². The molecule has 0 unspecified atom stereocenters. The molecule has 0 saturated carbocycles. The van der Waals surface area contributed by atoms with Gasteiger partial charge in [0.1, 0.15) is 0 Å². The molecule has 4 nitrogen and oxygen atoms in total. The van der Waals surface area contributed by atoms with Crippen molar-refractivity contribution in [1.82, 2.24) is 0 Å². The van der Waals surface area contributed by atoms with E-state index in [1.165, 1.54) is 14.2 Å². The van der Waals surface area contributed by atoms with Gasteiger partial charge in [-0.2, -0.15) is 0 Å². The van der Waals surface area contributed by atoms with Crippen molar-refractivity contribution in [3.63, 3.8) is 0 Å². The van der Waals surface area contributed by atoms with Gasteiger partial charge in [-0.3, -0.25) is 0 Å². The third kappa shape index (κ3) is 8.20. The predicted octanol–water partition coefficient (Wildman–Crippen LogP) is 4.57. The first kappa shape index (κ1) is 20.7. The molecule has 0 N–H and O–H groups in total. The summed E-state index contributed by atoms with van der Waals surface area (Å²) in [5.41, 5.74) is 1.00. The molecular formula is C18H32O4. The minimum absolute atomic E-state index is 0.396. The van der Waals surface area contributed by atoms with Gasteiger partial charge in [-0.25, -0.2) is 9.59 Å². The molecule has 4 heteroatoms. The minimum Gasteiger partial charge on any atom is -0.466 e. The fourth-order valence-corrected chi connectivity index (χ4v) is 2.46. The van der Waals surface area contributed by atoms with E-state index in [9.17, 15) is 9.59 Å². The van der Waals surface area contributed by atoms with E-state index < -0.39 is 11.9 Å². The molecule has 0 aliphatic rings. The van der Waals surface area contributed by atoms with Crippen molar-refractivity contribution < 1.29 is 19.1 Å². The molecule has 0 radical (unpaired) electrons. The van der Waals surface area contributed by atoms with E-state index in [-0.39, 0.29) is 0 Å². The Kier molecular flexibility index (Phi) is 12.5. The second-order valence-corrected chi connectivity index (χ2v) is 5.56. The van der Waals surface area contributed by atoms with E-state index in [4.69, 9.17) is 9.47 Å². The van der Waals surface area contributed by atoms with Crippen LogP contribution in [0.15, 0.2) is 11.1 Å². The quantitative estimate of drug-likeness (QED) is 0.301. The third-order valence-corrected chi connectivity index (χ3v) is 3.79. The Labute approximate surface area is 135 Å². The zero-order valence-electron chi connectivity index (χ0n) is 14.7. The molecule has 0 bridgehead atoms. The number of carbonyl (C=O) groups excluding carboxylic acids is 2. The van der Waals surface area contributed by atoms with Crippen LogP contribution in [0.25, 0.3) is 0 Å². The minimum atomic E-state index is -0.396. The van der Waals surface area contributed by atoms with Gasteiger partial charge in [0.05, 0.1) is 14.2 Å². The van der Waals surface area contributed by atoms with Crippen LogP contribution in [0, 0.1) is 0 Å². The fourth-order valence-electron chi connectivity index (χ4n) is 2.46. The number of rotatable bonds is 12. The second-order valence-electron chi connectivity index (χ2n) is 5.56. The van der Waals surface area contributed by atoms with Crippen molar-refractivity contribution in [3.8, 4) is 0 Å². The zero-order valence-corrected chi connectivity index (χ0v) is 14.7. The topological polar surface area (TPSA) is 52.6 Å². The van der Waals surface area contributed by atoms with Crippen LogP contribution in [-0.2, 0) is 19.1 Å².